The highest BCUT2D eigenvalue weighted by Crippen LogP contribution is 2.25. The van der Waals surface area contributed by atoms with Gasteiger partial charge in [-0.2, -0.15) is 5.10 Å². The summed E-state index contributed by atoms with van der Waals surface area (Å²) in [5, 5.41) is 8.52. The number of hydrogen-bond acceptors (Lipinski definition) is 4. The van der Waals surface area contributed by atoms with Crippen LogP contribution in [0.15, 0.2) is 59.7 Å². The minimum Gasteiger partial charge on any atom is -0.388 e. The fourth-order valence-electron chi connectivity index (χ4n) is 2.42. The van der Waals surface area contributed by atoms with Crippen molar-refractivity contribution in [3.63, 3.8) is 0 Å². The lowest BCUT2D eigenvalue weighted by Crippen LogP contribution is -2.32. The van der Waals surface area contributed by atoms with Gasteiger partial charge in [-0.15, -0.1) is 0 Å². The molecule has 0 aliphatic rings. The predicted octanol–water partition coefficient (Wildman–Crippen LogP) is 2.08. The molecule has 0 aliphatic carbocycles. The molecule has 1 unspecified atom stereocenters. The van der Waals surface area contributed by atoms with Crippen LogP contribution in [0.25, 0.3) is 11.1 Å². The van der Waals surface area contributed by atoms with E-state index in [1.54, 1.807) is 0 Å². The van der Waals surface area contributed by atoms with E-state index in [9.17, 15) is 0 Å². The van der Waals surface area contributed by atoms with Crippen molar-refractivity contribution in [2.24, 2.45) is 16.7 Å². The lowest BCUT2D eigenvalue weighted by atomic mass is 9.99. The molecule has 0 bridgehead atoms. The predicted molar refractivity (Wildman–Crippen MR) is 91.9 cm³/mol. The van der Waals surface area contributed by atoms with Crippen LogP contribution in [0.2, 0.25) is 0 Å². The first kappa shape index (κ1) is 16.0. The number of hydrazone groups is 1. The quantitative estimate of drug-likeness (QED) is 0.316. The monoisotopic (exact) mass is 297 g/mol. The van der Waals surface area contributed by atoms with E-state index < -0.39 is 0 Å². The maximum Gasteiger partial charge on any atom is 0.107 e. The van der Waals surface area contributed by atoms with E-state index in [2.05, 4.69) is 46.8 Å². The van der Waals surface area contributed by atoms with Gasteiger partial charge in [-0.3, -0.25) is 0 Å². The van der Waals surface area contributed by atoms with Crippen LogP contribution in [0.5, 0.6) is 0 Å². The number of nitrogens with two attached hydrogens (primary N) is 2. The van der Waals surface area contributed by atoms with Crippen LogP contribution >= 0.6 is 0 Å². The van der Waals surface area contributed by atoms with Crippen LogP contribution in [-0.2, 0) is 0 Å². The van der Waals surface area contributed by atoms with Gasteiger partial charge in [0.1, 0.15) is 6.34 Å². The molecule has 22 heavy (non-hydrogen) atoms. The third kappa shape index (κ3) is 4.07. The lowest BCUT2D eigenvalue weighted by molar-refractivity contribution is 0.201. The molecule has 0 saturated heterocycles. The molecule has 5 nitrogen and oxygen atoms in total. The van der Waals surface area contributed by atoms with Gasteiger partial charge in [0, 0.05) is 0 Å². The lowest BCUT2D eigenvalue weighted by Gasteiger charge is -2.25. The molecule has 0 amide bonds. The average Bonchev–Trinajstić information content (AvgIpc) is 2.57. The number of benzene rings is 2. The normalized spacial score (nSPS) is 12.5. The topological polar surface area (TPSA) is 79.7 Å². The molecule has 2 rings (SSSR count). The van der Waals surface area contributed by atoms with Crippen LogP contribution < -0.4 is 16.9 Å². The van der Waals surface area contributed by atoms with Crippen LogP contribution in [0, 0.1) is 0 Å². The first-order valence-corrected chi connectivity index (χ1v) is 7.34. The third-order valence-corrected chi connectivity index (χ3v) is 3.59. The van der Waals surface area contributed by atoms with E-state index in [0.717, 1.165) is 18.5 Å². The summed E-state index contributed by atoms with van der Waals surface area (Å²) in [5.74, 6) is 5.98. The Morgan fingerprint density at radius 3 is 2.32 bits per heavy atom. The maximum atomic E-state index is 5.98. The second kappa shape index (κ2) is 8.17. The van der Waals surface area contributed by atoms with Crippen molar-refractivity contribution in [1.29, 1.82) is 0 Å². The average molecular weight is 297 g/mol. The molecular formula is C17H23N5. The number of nitrogens with one attached hydrogen (secondary N) is 1. The van der Waals surface area contributed by atoms with Crippen molar-refractivity contribution in [1.82, 2.24) is 10.4 Å². The number of hydrogen-bond donors (Lipinski definition) is 3. The van der Waals surface area contributed by atoms with Crippen molar-refractivity contribution in [3.05, 3.63) is 60.2 Å². The van der Waals surface area contributed by atoms with E-state index in [4.69, 9.17) is 11.6 Å². The number of nitrogens with zero attached hydrogens (tertiary/aromatic N) is 2. The highest BCUT2D eigenvalue weighted by Gasteiger charge is 2.16. The van der Waals surface area contributed by atoms with Crippen LogP contribution in [0.4, 0.5) is 0 Å². The fraction of sp³-hybridized carbons (Fsp3) is 0.235. The molecule has 0 spiro atoms. The van der Waals surface area contributed by atoms with Gasteiger partial charge in [0.05, 0.1) is 6.04 Å². The Kier molecular flexibility index (Phi) is 5.94. The van der Waals surface area contributed by atoms with E-state index in [-0.39, 0.29) is 6.04 Å². The molecule has 0 saturated carbocycles. The summed E-state index contributed by atoms with van der Waals surface area (Å²) in [5.41, 5.74) is 8.84. The largest absolute Gasteiger partial charge is 0.388 e. The minimum atomic E-state index is -0.0166. The van der Waals surface area contributed by atoms with Crippen LogP contribution in [0.3, 0.4) is 0 Å². The Bertz CT molecular complexity index is 580. The van der Waals surface area contributed by atoms with Crippen molar-refractivity contribution in [3.8, 4) is 11.1 Å². The molecule has 0 fully saturated rings. The molecular weight excluding hydrogens is 274 g/mol. The Balaban J connectivity index is 2.21. The second-order valence-electron chi connectivity index (χ2n) is 5.04. The summed E-state index contributed by atoms with van der Waals surface area (Å²) in [4.78, 5) is 0. The van der Waals surface area contributed by atoms with Crippen LogP contribution in [-0.4, -0.2) is 25.0 Å². The second-order valence-corrected chi connectivity index (χ2v) is 5.04. The molecule has 0 heterocycles. The van der Waals surface area contributed by atoms with Gasteiger partial charge >= 0.3 is 0 Å². The summed E-state index contributed by atoms with van der Waals surface area (Å²) in [7, 11) is 1.92. The summed E-state index contributed by atoms with van der Waals surface area (Å²) >= 11 is 0. The SMILES string of the molecule is CNCCC(c1ccc(-c2ccccc2)cc1)N(N)/N=C\N. The molecule has 5 heteroatoms. The molecule has 5 N–H and O–H groups in total. The summed E-state index contributed by atoms with van der Waals surface area (Å²) < 4.78 is 0. The Morgan fingerprint density at radius 1 is 1.09 bits per heavy atom. The smallest absolute Gasteiger partial charge is 0.107 e. The highest BCUT2D eigenvalue weighted by atomic mass is 15.6. The summed E-state index contributed by atoms with van der Waals surface area (Å²) in [6.45, 7) is 0.846. The van der Waals surface area contributed by atoms with Gasteiger partial charge in [0.25, 0.3) is 0 Å². The molecule has 0 aromatic heterocycles. The Morgan fingerprint density at radius 2 is 1.73 bits per heavy atom. The number of rotatable bonds is 7. The van der Waals surface area contributed by atoms with Gasteiger partial charge in [0.2, 0.25) is 0 Å². The van der Waals surface area contributed by atoms with Crippen molar-refractivity contribution in [2.75, 3.05) is 13.6 Å². The Hall–Kier alpha value is -2.37. The zero-order chi connectivity index (χ0) is 15.8. The summed E-state index contributed by atoms with van der Waals surface area (Å²) in [6, 6.07) is 18.7. The van der Waals surface area contributed by atoms with Crippen molar-refractivity contribution < 1.29 is 0 Å². The van der Waals surface area contributed by atoms with Crippen LogP contribution in [0.1, 0.15) is 18.0 Å². The van der Waals surface area contributed by atoms with E-state index in [1.165, 1.54) is 22.6 Å². The zero-order valence-corrected chi connectivity index (χ0v) is 12.8. The van der Waals surface area contributed by atoms with Crippen molar-refractivity contribution in [2.45, 2.75) is 12.5 Å². The first-order chi connectivity index (χ1) is 10.8. The van der Waals surface area contributed by atoms with Crippen molar-refractivity contribution >= 4 is 6.34 Å². The molecule has 116 valence electrons. The standard InChI is InChI=1S/C17H23N5/c1-20-12-11-17(22(19)21-13-18)16-9-7-15(8-10-16)14-5-3-2-4-6-14/h2-10,13,17,20H,11-12,19H2,1H3,(H2,18,21). The first-order valence-electron chi connectivity index (χ1n) is 7.34. The minimum absolute atomic E-state index is 0.0166. The highest BCUT2D eigenvalue weighted by molar-refractivity contribution is 5.63. The van der Waals surface area contributed by atoms with E-state index in [0.29, 0.717) is 0 Å². The van der Waals surface area contributed by atoms with E-state index in [1.807, 2.05) is 25.2 Å². The fourth-order valence-corrected chi connectivity index (χ4v) is 2.42. The third-order valence-electron chi connectivity index (χ3n) is 3.59. The number of hydrazine groups is 1. The van der Waals surface area contributed by atoms with Gasteiger partial charge in [-0.1, -0.05) is 54.6 Å². The van der Waals surface area contributed by atoms with Gasteiger partial charge in [-0.25, -0.2) is 11.0 Å². The Labute approximate surface area is 131 Å². The molecule has 0 aliphatic heterocycles. The van der Waals surface area contributed by atoms with Gasteiger partial charge < -0.3 is 11.1 Å². The molecule has 2 aromatic rings. The van der Waals surface area contributed by atoms with Gasteiger partial charge in [0.15, 0.2) is 0 Å². The van der Waals surface area contributed by atoms with Gasteiger partial charge in [-0.05, 0) is 36.7 Å². The van der Waals surface area contributed by atoms with E-state index >= 15 is 0 Å². The maximum absolute atomic E-state index is 5.98. The summed E-state index contributed by atoms with van der Waals surface area (Å²) in [6.07, 6.45) is 2.06. The molecule has 1 atom stereocenters. The molecule has 0 radical (unpaired) electrons. The zero-order valence-electron chi connectivity index (χ0n) is 12.8. The molecule has 2 aromatic carbocycles.